The van der Waals surface area contributed by atoms with Gasteiger partial charge in [0.05, 0.1) is 46.7 Å². The Hall–Kier alpha value is -4.39. The summed E-state index contributed by atoms with van der Waals surface area (Å²) in [6.07, 6.45) is 3.18. The molecule has 1 saturated heterocycles. The van der Waals surface area contributed by atoms with Crippen LogP contribution in [0.25, 0.3) is 11.3 Å². The molecule has 1 saturated carbocycles. The maximum atomic E-state index is 14.7. The van der Waals surface area contributed by atoms with Gasteiger partial charge in [0.25, 0.3) is 12.3 Å². The molecule has 0 unspecified atom stereocenters. The van der Waals surface area contributed by atoms with Crippen molar-refractivity contribution < 1.29 is 22.8 Å². The van der Waals surface area contributed by atoms with Crippen molar-refractivity contribution in [2.75, 3.05) is 16.8 Å². The van der Waals surface area contributed by atoms with Crippen molar-refractivity contribution in [3.8, 4) is 11.3 Å². The lowest BCUT2D eigenvalue weighted by molar-refractivity contribution is -0.118. The second-order valence-corrected chi connectivity index (χ2v) is 10.9. The molecule has 0 bridgehead atoms. The number of nitrogens with zero attached hydrogens (tertiary/aromatic N) is 7. The first kappa shape index (κ1) is 27.8. The number of hydrogen-bond acceptors (Lipinski definition) is 7. The van der Waals surface area contributed by atoms with E-state index in [0.29, 0.717) is 29.7 Å². The van der Waals surface area contributed by atoms with Gasteiger partial charge in [0.15, 0.2) is 11.6 Å². The van der Waals surface area contributed by atoms with Crippen LogP contribution in [-0.2, 0) is 4.79 Å². The number of nitrogens with one attached hydrogen (secondary N) is 1. The molecule has 4 heterocycles. The van der Waals surface area contributed by atoms with Crippen molar-refractivity contribution in [2.24, 2.45) is 11.8 Å². The van der Waals surface area contributed by atoms with Crippen LogP contribution < -0.4 is 10.2 Å². The van der Waals surface area contributed by atoms with Crippen molar-refractivity contribution >= 4 is 34.9 Å². The zero-order valence-electron chi connectivity index (χ0n) is 22.6. The summed E-state index contributed by atoms with van der Waals surface area (Å²) in [6, 6.07) is 1.68. The summed E-state index contributed by atoms with van der Waals surface area (Å²) >= 11 is 5.81. The smallest absolute Gasteiger partial charge is 0.275 e. The minimum atomic E-state index is -3.00. The van der Waals surface area contributed by atoms with Crippen LogP contribution in [0.5, 0.6) is 0 Å². The molecule has 6 rings (SSSR count). The third kappa shape index (κ3) is 4.77. The van der Waals surface area contributed by atoms with Crippen LogP contribution in [0.1, 0.15) is 58.7 Å². The summed E-state index contributed by atoms with van der Waals surface area (Å²) < 4.78 is 43.4. The van der Waals surface area contributed by atoms with Crippen molar-refractivity contribution in [3.63, 3.8) is 0 Å². The number of amides is 2. The van der Waals surface area contributed by atoms with Crippen molar-refractivity contribution in [1.82, 2.24) is 29.9 Å². The largest absolute Gasteiger partial charge is 0.318 e. The molecule has 14 heteroatoms. The van der Waals surface area contributed by atoms with Gasteiger partial charge in [-0.2, -0.15) is 10.2 Å². The van der Waals surface area contributed by atoms with Crippen molar-refractivity contribution in [1.29, 1.82) is 0 Å². The molecule has 2 amide bonds. The molecule has 0 spiro atoms. The standard InChI is InChI=1S/C28H24ClF3N8O2/c1-12-13(2)26(39-10-15-6-18(15)28(39)42)38-37-24(12)14(3)40-11-16(7-34-40)35-27(41)21-9-33-8-20(36-21)22-17(25(31)32)4-5-19(29)23(22)30/h4-5,7-9,11,14-15,18,25H,6,10H2,1-3H3,(H,35,41)/t14-,15-,18-/m1/s1. The molecule has 3 atom stereocenters. The van der Waals surface area contributed by atoms with Gasteiger partial charge in [0, 0.05) is 29.8 Å². The first-order valence-corrected chi connectivity index (χ1v) is 13.5. The molecule has 1 N–H and O–H groups in total. The monoisotopic (exact) mass is 596 g/mol. The first-order chi connectivity index (χ1) is 20.0. The van der Waals surface area contributed by atoms with Crippen LogP contribution in [0.15, 0.2) is 36.9 Å². The molecular formula is C28H24ClF3N8O2. The van der Waals surface area contributed by atoms with E-state index in [1.165, 1.54) is 6.20 Å². The van der Waals surface area contributed by atoms with Gasteiger partial charge in [-0.05, 0) is 50.3 Å². The van der Waals surface area contributed by atoms with Gasteiger partial charge in [-0.3, -0.25) is 24.2 Å². The number of halogens is 4. The molecule has 1 aliphatic carbocycles. The molecule has 2 fully saturated rings. The summed E-state index contributed by atoms with van der Waals surface area (Å²) in [6.45, 7) is 6.38. The second kappa shape index (κ2) is 10.5. The number of carbonyl (C=O) groups is 2. The van der Waals surface area contributed by atoms with Crippen LogP contribution in [0.3, 0.4) is 0 Å². The average Bonchev–Trinajstić information content (AvgIpc) is 3.47. The Balaban J connectivity index is 1.20. The van der Waals surface area contributed by atoms with Crippen molar-refractivity contribution in [2.45, 2.75) is 39.7 Å². The Kier molecular flexibility index (Phi) is 6.92. The molecule has 4 aromatic rings. The predicted molar refractivity (Wildman–Crippen MR) is 147 cm³/mol. The minimum absolute atomic E-state index is 0.104. The summed E-state index contributed by atoms with van der Waals surface area (Å²) in [5, 5.41) is 15.4. The first-order valence-electron chi connectivity index (χ1n) is 13.1. The number of hydrogen-bond donors (Lipinski definition) is 1. The molecule has 216 valence electrons. The highest BCUT2D eigenvalue weighted by molar-refractivity contribution is 6.31. The fourth-order valence-electron chi connectivity index (χ4n) is 5.27. The molecule has 3 aromatic heterocycles. The van der Waals surface area contributed by atoms with Gasteiger partial charge in [-0.25, -0.2) is 18.2 Å². The number of piperidine rings is 1. The van der Waals surface area contributed by atoms with E-state index in [1.54, 1.807) is 15.8 Å². The Morgan fingerprint density at radius 2 is 1.93 bits per heavy atom. The Morgan fingerprint density at radius 1 is 1.14 bits per heavy atom. The number of anilines is 2. The lowest BCUT2D eigenvalue weighted by Crippen LogP contribution is -2.30. The summed E-state index contributed by atoms with van der Waals surface area (Å²) in [5.74, 6) is -0.576. The maximum absolute atomic E-state index is 14.7. The lowest BCUT2D eigenvalue weighted by Gasteiger charge is -2.22. The summed E-state index contributed by atoms with van der Waals surface area (Å²) in [5.41, 5.74) is 1.09. The van der Waals surface area contributed by atoms with Gasteiger partial charge in [-0.1, -0.05) is 17.7 Å². The Morgan fingerprint density at radius 3 is 2.64 bits per heavy atom. The van der Waals surface area contributed by atoms with Gasteiger partial charge >= 0.3 is 0 Å². The molecular weight excluding hydrogens is 573 g/mol. The summed E-state index contributed by atoms with van der Waals surface area (Å²) in [7, 11) is 0. The number of benzene rings is 1. The highest BCUT2D eigenvalue weighted by Gasteiger charge is 2.53. The van der Waals surface area contributed by atoms with Gasteiger partial charge in [0.2, 0.25) is 5.91 Å². The van der Waals surface area contributed by atoms with Gasteiger partial charge < -0.3 is 5.32 Å². The number of fused-ring (bicyclic) bond motifs is 1. The van der Waals surface area contributed by atoms with E-state index in [4.69, 9.17) is 11.6 Å². The van der Waals surface area contributed by atoms with E-state index in [0.717, 1.165) is 42.1 Å². The zero-order chi connectivity index (χ0) is 29.9. The number of aromatic nitrogens is 6. The predicted octanol–water partition coefficient (Wildman–Crippen LogP) is 5.32. The van der Waals surface area contributed by atoms with Crippen LogP contribution in [-0.4, -0.2) is 48.3 Å². The number of alkyl halides is 2. The molecule has 2 aliphatic rings. The highest BCUT2D eigenvalue weighted by atomic mass is 35.5. The van der Waals surface area contributed by atoms with Crippen molar-refractivity contribution in [3.05, 3.63) is 75.8 Å². The summed E-state index contributed by atoms with van der Waals surface area (Å²) in [4.78, 5) is 35.2. The third-order valence-electron chi connectivity index (χ3n) is 7.85. The van der Waals surface area contributed by atoms with Crippen LogP contribution in [0, 0.1) is 31.5 Å². The zero-order valence-corrected chi connectivity index (χ0v) is 23.4. The average molecular weight is 597 g/mol. The van der Waals surface area contributed by atoms with E-state index in [9.17, 15) is 22.8 Å². The van der Waals surface area contributed by atoms with E-state index in [2.05, 4.69) is 30.6 Å². The molecule has 42 heavy (non-hydrogen) atoms. The van der Waals surface area contributed by atoms with E-state index < -0.39 is 29.3 Å². The van der Waals surface area contributed by atoms with Crippen LogP contribution in [0.4, 0.5) is 24.7 Å². The SMILES string of the molecule is Cc1c([C@@H](C)n2cc(NC(=O)c3cncc(-c4c(C(F)F)ccc(Cl)c4F)n3)cn2)nnc(N2C[C@H]3C[C@H]3C2=O)c1C. The van der Waals surface area contributed by atoms with Crippen LogP contribution in [0.2, 0.25) is 5.02 Å². The third-order valence-corrected chi connectivity index (χ3v) is 8.14. The quantitative estimate of drug-likeness (QED) is 0.307. The van der Waals surface area contributed by atoms with Gasteiger partial charge in [0.1, 0.15) is 5.69 Å². The normalized spacial score (nSPS) is 18.4. The van der Waals surface area contributed by atoms with Gasteiger partial charge in [-0.15, -0.1) is 5.10 Å². The molecule has 10 nitrogen and oxygen atoms in total. The van der Waals surface area contributed by atoms with E-state index in [1.807, 2.05) is 20.8 Å². The lowest BCUT2D eigenvalue weighted by atomic mass is 10.0. The Bertz CT molecular complexity index is 1750. The fraction of sp³-hybridized carbons (Fsp3) is 0.321. The van der Waals surface area contributed by atoms with E-state index in [-0.39, 0.29) is 34.3 Å². The van der Waals surface area contributed by atoms with E-state index >= 15 is 0 Å². The minimum Gasteiger partial charge on any atom is -0.318 e. The highest BCUT2D eigenvalue weighted by Crippen LogP contribution is 2.47. The number of carbonyl (C=O) groups excluding carboxylic acids is 2. The molecule has 1 aromatic carbocycles. The van der Waals surface area contributed by atoms with Crippen LogP contribution >= 0.6 is 11.6 Å². The molecule has 0 radical (unpaired) electrons. The maximum Gasteiger partial charge on any atom is 0.275 e. The second-order valence-electron chi connectivity index (χ2n) is 10.5. The number of rotatable bonds is 7. The fourth-order valence-corrected chi connectivity index (χ4v) is 5.43. The Labute approximate surface area is 242 Å². The topological polar surface area (TPSA) is 119 Å². The molecule has 1 aliphatic heterocycles.